The first-order chi connectivity index (χ1) is 13.9. The number of benzene rings is 2. The van der Waals surface area contributed by atoms with Crippen molar-refractivity contribution in [3.05, 3.63) is 65.2 Å². The van der Waals surface area contributed by atoms with E-state index in [1.807, 2.05) is 31.3 Å². The summed E-state index contributed by atoms with van der Waals surface area (Å²) >= 11 is 0. The van der Waals surface area contributed by atoms with Crippen molar-refractivity contribution in [2.24, 2.45) is 0 Å². The first-order valence-electron chi connectivity index (χ1n) is 9.54. The minimum atomic E-state index is -3.35. The van der Waals surface area contributed by atoms with Crippen molar-refractivity contribution in [2.75, 3.05) is 40.3 Å². The van der Waals surface area contributed by atoms with Gasteiger partial charge < -0.3 is 15.0 Å². The van der Waals surface area contributed by atoms with Gasteiger partial charge in [0.1, 0.15) is 5.75 Å². The Kier molecular flexibility index (Phi) is 6.89. The fourth-order valence-corrected chi connectivity index (χ4v) is 4.66. The molecule has 1 aliphatic heterocycles. The number of nitrogens with one attached hydrogen (secondary N) is 1. The van der Waals surface area contributed by atoms with Gasteiger partial charge in [0.25, 0.3) is 5.91 Å². The van der Waals surface area contributed by atoms with Gasteiger partial charge >= 0.3 is 0 Å². The van der Waals surface area contributed by atoms with Crippen LogP contribution in [0.3, 0.4) is 0 Å². The molecule has 0 aromatic heterocycles. The molecule has 2 aromatic rings. The predicted octanol–water partition coefficient (Wildman–Crippen LogP) is 1.70. The Morgan fingerprint density at radius 2 is 1.55 bits per heavy atom. The van der Waals surface area contributed by atoms with Gasteiger partial charge in [-0.1, -0.05) is 24.3 Å². The number of piperazine rings is 1. The maximum absolute atomic E-state index is 12.6. The normalized spacial score (nSPS) is 15.8. The highest BCUT2D eigenvalue weighted by Crippen LogP contribution is 2.15. The van der Waals surface area contributed by atoms with Crippen LogP contribution in [0.2, 0.25) is 0 Å². The van der Waals surface area contributed by atoms with Gasteiger partial charge in [-0.3, -0.25) is 4.79 Å². The molecule has 0 bridgehead atoms. The van der Waals surface area contributed by atoms with Gasteiger partial charge in [0.15, 0.2) is 0 Å². The summed E-state index contributed by atoms with van der Waals surface area (Å²) in [5.74, 6) is 0.515. The zero-order valence-corrected chi connectivity index (χ0v) is 17.6. The second kappa shape index (κ2) is 9.39. The molecule has 29 heavy (non-hydrogen) atoms. The lowest BCUT2D eigenvalue weighted by molar-refractivity contribution is 0.0951. The Hall–Kier alpha value is -2.42. The first kappa shape index (κ1) is 21.3. The lowest BCUT2D eigenvalue weighted by Gasteiger charge is -2.31. The molecule has 1 amide bonds. The largest absolute Gasteiger partial charge is 0.497 e. The second-order valence-corrected chi connectivity index (χ2v) is 9.16. The summed E-state index contributed by atoms with van der Waals surface area (Å²) in [6.07, 6.45) is 0. The van der Waals surface area contributed by atoms with E-state index in [9.17, 15) is 13.2 Å². The molecule has 0 atom stereocenters. The van der Waals surface area contributed by atoms with Crippen LogP contribution in [0.15, 0.2) is 48.5 Å². The van der Waals surface area contributed by atoms with Gasteiger partial charge in [-0.05, 0) is 42.4 Å². The molecule has 8 heteroatoms. The molecular weight excluding hydrogens is 390 g/mol. The Morgan fingerprint density at radius 1 is 0.966 bits per heavy atom. The Morgan fingerprint density at radius 3 is 2.14 bits per heavy atom. The van der Waals surface area contributed by atoms with Crippen LogP contribution in [0.5, 0.6) is 5.75 Å². The lowest BCUT2D eigenvalue weighted by atomic mass is 10.1. The monoisotopic (exact) mass is 417 g/mol. The topological polar surface area (TPSA) is 78.9 Å². The Balaban J connectivity index is 1.55. The fourth-order valence-electron chi connectivity index (χ4n) is 3.15. The molecule has 0 radical (unpaired) electrons. The number of rotatable bonds is 7. The summed E-state index contributed by atoms with van der Waals surface area (Å²) in [5.41, 5.74) is 2.14. The van der Waals surface area contributed by atoms with Crippen molar-refractivity contribution < 1.29 is 17.9 Å². The molecule has 1 fully saturated rings. The van der Waals surface area contributed by atoms with Gasteiger partial charge in [0.2, 0.25) is 10.0 Å². The van der Waals surface area contributed by atoms with E-state index in [-0.39, 0.29) is 11.7 Å². The van der Waals surface area contributed by atoms with Crippen LogP contribution in [-0.4, -0.2) is 63.9 Å². The maximum atomic E-state index is 12.6. The molecule has 0 saturated carbocycles. The summed E-state index contributed by atoms with van der Waals surface area (Å²) in [6.45, 7) is 2.93. The average molecular weight is 418 g/mol. The van der Waals surface area contributed by atoms with Crippen molar-refractivity contribution >= 4 is 15.9 Å². The maximum Gasteiger partial charge on any atom is 0.251 e. The van der Waals surface area contributed by atoms with Crippen molar-refractivity contribution in [1.82, 2.24) is 14.5 Å². The van der Waals surface area contributed by atoms with E-state index in [1.54, 1.807) is 35.7 Å². The molecule has 1 aliphatic rings. The van der Waals surface area contributed by atoms with Crippen LogP contribution < -0.4 is 10.1 Å². The molecule has 156 valence electrons. The molecule has 1 heterocycles. The third-order valence-corrected chi connectivity index (χ3v) is 6.88. The standard InChI is InChI=1S/C21H27N3O4S/c1-23-11-13-24(14-12-23)29(26,27)16-18-3-7-19(8-4-18)21(25)22-15-17-5-9-20(28-2)10-6-17/h3-10H,11-16H2,1-2H3,(H,22,25). The number of sulfonamides is 1. The van der Waals surface area contributed by atoms with Crippen molar-refractivity contribution in [3.8, 4) is 5.75 Å². The molecule has 1 N–H and O–H groups in total. The third-order valence-electron chi connectivity index (χ3n) is 5.03. The molecule has 1 saturated heterocycles. The van der Waals surface area contributed by atoms with Crippen LogP contribution >= 0.6 is 0 Å². The SMILES string of the molecule is COc1ccc(CNC(=O)c2ccc(CS(=O)(=O)N3CCN(C)CC3)cc2)cc1. The quantitative estimate of drug-likeness (QED) is 0.742. The highest BCUT2D eigenvalue weighted by molar-refractivity contribution is 7.88. The van der Waals surface area contributed by atoms with Gasteiger partial charge in [-0.25, -0.2) is 8.42 Å². The highest BCUT2D eigenvalue weighted by atomic mass is 32.2. The van der Waals surface area contributed by atoms with Crippen molar-refractivity contribution in [3.63, 3.8) is 0 Å². The van der Waals surface area contributed by atoms with Crippen molar-refractivity contribution in [2.45, 2.75) is 12.3 Å². The van der Waals surface area contributed by atoms with Gasteiger partial charge in [-0.2, -0.15) is 4.31 Å². The van der Waals surface area contributed by atoms with E-state index in [0.717, 1.165) is 24.4 Å². The molecular formula is C21H27N3O4S. The number of carbonyl (C=O) groups is 1. The van der Waals surface area contributed by atoms with Gasteiger partial charge in [0.05, 0.1) is 12.9 Å². The molecule has 0 aliphatic carbocycles. The summed E-state index contributed by atoms with van der Waals surface area (Å²) in [7, 11) is 0.247. The smallest absolute Gasteiger partial charge is 0.251 e. The van der Waals surface area contributed by atoms with E-state index < -0.39 is 10.0 Å². The number of ether oxygens (including phenoxy) is 1. The van der Waals surface area contributed by atoms with Crippen LogP contribution in [0.1, 0.15) is 21.5 Å². The molecule has 3 rings (SSSR count). The van der Waals surface area contributed by atoms with E-state index >= 15 is 0 Å². The number of likely N-dealkylation sites (N-methyl/N-ethyl adjacent to an activating group) is 1. The van der Waals surface area contributed by atoms with E-state index in [1.165, 1.54) is 0 Å². The third kappa shape index (κ3) is 5.79. The second-order valence-electron chi connectivity index (χ2n) is 7.19. The van der Waals surface area contributed by atoms with E-state index in [0.29, 0.717) is 30.8 Å². The van der Waals surface area contributed by atoms with Crippen LogP contribution in [0, 0.1) is 0 Å². The Bertz CT molecular complexity index is 919. The average Bonchev–Trinajstić information content (AvgIpc) is 2.73. The summed E-state index contributed by atoms with van der Waals surface area (Å²) < 4.78 is 31.9. The van der Waals surface area contributed by atoms with E-state index in [2.05, 4.69) is 10.2 Å². The van der Waals surface area contributed by atoms with Gasteiger partial charge in [-0.15, -0.1) is 0 Å². The highest BCUT2D eigenvalue weighted by Gasteiger charge is 2.25. The zero-order chi connectivity index (χ0) is 20.9. The molecule has 0 spiro atoms. The van der Waals surface area contributed by atoms with Crippen LogP contribution in [0.4, 0.5) is 0 Å². The zero-order valence-electron chi connectivity index (χ0n) is 16.8. The summed E-state index contributed by atoms with van der Waals surface area (Å²) in [5, 5.41) is 2.87. The van der Waals surface area contributed by atoms with Crippen LogP contribution in [0.25, 0.3) is 0 Å². The number of methoxy groups -OCH3 is 1. The van der Waals surface area contributed by atoms with E-state index in [4.69, 9.17) is 4.74 Å². The molecule has 0 unspecified atom stereocenters. The van der Waals surface area contributed by atoms with Crippen LogP contribution in [-0.2, 0) is 22.3 Å². The minimum Gasteiger partial charge on any atom is -0.497 e. The lowest BCUT2D eigenvalue weighted by Crippen LogP contribution is -2.47. The number of amides is 1. The first-order valence-corrected chi connectivity index (χ1v) is 11.1. The number of carbonyl (C=O) groups excluding carboxylic acids is 1. The van der Waals surface area contributed by atoms with Crippen molar-refractivity contribution in [1.29, 1.82) is 0 Å². The fraction of sp³-hybridized carbons (Fsp3) is 0.381. The minimum absolute atomic E-state index is 0.0511. The number of nitrogens with zero attached hydrogens (tertiary/aromatic N) is 2. The Labute approximate surface area is 172 Å². The molecule has 2 aromatic carbocycles. The van der Waals surface area contributed by atoms with Gasteiger partial charge in [0, 0.05) is 38.3 Å². The molecule has 7 nitrogen and oxygen atoms in total. The summed E-state index contributed by atoms with van der Waals surface area (Å²) in [4.78, 5) is 14.5. The number of hydrogen-bond donors (Lipinski definition) is 1. The number of hydrogen-bond acceptors (Lipinski definition) is 5. The summed E-state index contributed by atoms with van der Waals surface area (Å²) in [6, 6.07) is 14.2. The predicted molar refractivity (Wildman–Crippen MR) is 112 cm³/mol.